The molecule has 14 heavy (non-hydrogen) atoms. The van der Waals surface area contributed by atoms with Crippen LogP contribution < -0.4 is 10.6 Å². The molecule has 0 unspecified atom stereocenters. The lowest BCUT2D eigenvalue weighted by Gasteiger charge is -2.03. The van der Waals surface area contributed by atoms with E-state index in [1.165, 1.54) is 6.08 Å². The molecule has 0 aromatic rings. The van der Waals surface area contributed by atoms with Crippen molar-refractivity contribution in [2.45, 2.75) is 12.8 Å². The lowest BCUT2D eigenvalue weighted by molar-refractivity contribution is -0.114. The van der Waals surface area contributed by atoms with Gasteiger partial charge < -0.3 is 10.6 Å². The van der Waals surface area contributed by atoms with Gasteiger partial charge in [0.15, 0.2) is 5.78 Å². The zero-order valence-corrected chi connectivity index (χ0v) is 8.72. The van der Waals surface area contributed by atoms with E-state index in [1.54, 1.807) is 0 Å². The van der Waals surface area contributed by atoms with E-state index in [2.05, 4.69) is 23.8 Å². The molecule has 0 spiro atoms. The lowest BCUT2D eigenvalue weighted by Crippen LogP contribution is -2.28. The largest absolute Gasteiger partial charge is 0.315 e. The van der Waals surface area contributed by atoms with Gasteiger partial charge in [-0.1, -0.05) is 12.7 Å². The molecule has 0 saturated carbocycles. The van der Waals surface area contributed by atoms with Crippen LogP contribution in [-0.4, -0.2) is 32.0 Å². The predicted octanol–water partition coefficient (Wildman–Crippen LogP) is 0.887. The van der Waals surface area contributed by atoms with Crippen molar-refractivity contribution >= 4 is 5.78 Å². The molecular weight excluding hydrogens is 176 g/mol. The van der Waals surface area contributed by atoms with Crippen LogP contribution in [0.5, 0.6) is 0 Å². The SMILES string of the molecule is C=CCNCCNCCCC(=O)C=C. The third-order valence-corrected chi connectivity index (χ3v) is 1.77. The zero-order chi connectivity index (χ0) is 10.6. The Hall–Kier alpha value is -0.930. The van der Waals surface area contributed by atoms with Crippen molar-refractivity contribution in [2.24, 2.45) is 0 Å². The van der Waals surface area contributed by atoms with Gasteiger partial charge in [-0.2, -0.15) is 0 Å². The quantitative estimate of drug-likeness (QED) is 0.310. The number of hydrogen-bond acceptors (Lipinski definition) is 3. The van der Waals surface area contributed by atoms with E-state index < -0.39 is 0 Å². The average molecular weight is 196 g/mol. The third kappa shape index (κ3) is 9.16. The van der Waals surface area contributed by atoms with Gasteiger partial charge in [-0.25, -0.2) is 0 Å². The first-order valence-corrected chi connectivity index (χ1v) is 4.99. The monoisotopic (exact) mass is 196 g/mol. The van der Waals surface area contributed by atoms with E-state index in [0.29, 0.717) is 6.42 Å². The van der Waals surface area contributed by atoms with Crippen LogP contribution in [0.2, 0.25) is 0 Å². The van der Waals surface area contributed by atoms with Gasteiger partial charge >= 0.3 is 0 Å². The fourth-order valence-electron chi connectivity index (χ4n) is 0.996. The van der Waals surface area contributed by atoms with Crippen molar-refractivity contribution in [1.82, 2.24) is 10.6 Å². The molecule has 2 N–H and O–H groups in total. The van der Waals surface area contributed by atoms with Crippen molar-refractivity contribution < 1.29 is 4.79 Å². The zero-order valence-electron chi connectivity index (χ0n) is 8.72. The Balaban J connectivity index is 3.02. The van der Waals surface area contributed by atoms with Gasteiger partial charge in [-0.15, -0.1) is 6.58 Å². The Bertz CT molecular complexity index is 178. The van der Waals surface area contributed by atoms with Gasteiger partial charge in [-0.3, -0.25) is 4.79 Å². The minimum atomic E-state index is 0.122. The highest BCUT2D eigenvalue weighted by Crippen LogP contribution is 1.89. The lowest BCUT2D eigenvalue weighted by atomic mass is 10.2. The molecule has 0 aliphatic heterocycles. The van der Waals surface area contributed by atoms with Crippen LogP contribution in [0.15, 0.2) is 25.3 Å². The van der Waals surface area contributed by atoms with Gasteiger partial charge in [0, 0.05) is 26.1 Å². The molecule has 0 bridgehead atoms. The van der Waals surface area contributed by atoms with Crippen molar-refractivity contribution in [3.8, 4) is 0 Å². The number of rotatable bonds is 10. The Morgan fingerprint density at radius 2 is 1.86 bits per heavy atom. The molecule has 0 heterocycles. The van der Waals surface area contributed by atoms with E-state index in [9.17, 15) is 4.79 Å². The first-order chi connectivity index (χ1) is 6.81. The summed E-state index contributed by atoms with van der Waals surface area (Å²) in [4.78, 5) is 10.8. The maximum absolute atomic E-state index is 10.8. The van der Waals surface area contributed by atoms with E-state index in [-0.39, 0.29) is 5.78 Å². The van der Waals surface area contributed by atoms with Crippen LogP contribution in [0.1, 0.15) is 12.8 Å². The first-order valence-electron chi connectivity index (χ1n) is 4.99. The molecule has 0 amide bonds. The summed E-state index contributed by atoms with van der Waals surface area (Å²) in [5.41, 5.74) is 0. The Labute approximate surface area is 86.3 Å². The van der Waals surface area contributed by atoms with Crippen LogP contribution in [0, 0.1) is 0 Å². The smallest absolute Gasteiger partial charge is 0.155 e. The summed E-state index contributed by atoms with van der Waals surface area (Å²) in [5.74, 6) is 0.122. The highest BCUT2D eigenvalue weighted by atomic mass is 16.1. The van der Waals surface area contributed by atoms with E-state index >= 15 is 0 Å². The fourth-order valence-corrected chi connectivity index (χ4v) is 0.996. The molecule has 0 aromatic heterocycles. The summed E-state index contributed by atoms with van der Waals surface area (Å²) < 4.78 is 0. The second-order valence-corrected chi connectivity index (χ2v) is 3.02. The van der Waals surface area contributed by atoms with Crippen LogP contribution in [0.25, 0.3) is 0 Å². The maximum atomic E-state index is 10.8. The molecule has 0 radical (unpaired) electrons. The second-order valence-electron chi connectivity index (χ2n) is 3.02. The number of ketones is 1. The highest BCUT2D eigenvalue weighted by molar-refractivity contribution is 5.88. The van der Waals surface area contributed by atoms with Crippen LogP contribution in [0.4, 0.5) is 0 Å². The van der Waals surface area contributed by atoms with Gasteiger partial charge in [-0.05, 0) is 19.0 Å². The topological polar surface area (TPSA) is 41.1 Å². The Morgan fingerprint density at radius 3 is 2.50 bits per heavy atom. The number of carbonyl (C=O) groups excluding carboxylic acids is 1. The summed E-state index contributed by atoms with van der Waals surface area (Å²) >= 11 is 0. The normalized spacial score (nSPS) is 9.71. The number of nitrogens with one attached hydrogen (secondary N) is 2. The maximum Gasteiger partial charge on any atom is 0.155 e. The molecule has 0 aromatic carbocycles. The van der Waals surface area contributed by atoms with Crippen LogP contribution in [-0.2, 0) is 4.79 Å². The second kappa shape index (κ2) is 10.2. The molecule has 0 atom stereocenters. The number of carbonyl (C=O) groups is 1. The van der Waals surface area contributed by atoms with Crippen LogP contribution >= 0.6 is 0 Å². The molecule has 0 rings (SSSR count). The fraction of sp³-hybridized carbons (Fsp3) is 0.545. The standard InChI is InChI=1S/C11H20N2O/c1-3-7-12-9-10-13-8-5-6-11(14)4-2/h3-4,12-13H,1-2,5-10H2. The van der Waals surface area contributed by atoms with E-state index in [1.807, 2.05) is 6.08 Å². The molecular formula is C11H20N2O. The molecule has 0 aliphatic rings. The first kappa shape index (κ1) is 13.1. The molecule has 0 fully saturated rings. The molecule has 0 saturated heterocycles. The van der Waals surface area contributed by atoms with Gasteiger partial charge in [0.25, 0.3) is 0 Å². The number of allylic oxidation sites excluding steroid dienone is 1. The van der Waals surface area contributed by atoms with Gasteiger partial charge in [0.1, 0.15) is 0 Å². The third-order valence-electron chi connectivity index (χ3n) is 1.77. The van der Waals surface area contributed by atoms with Crippen molar-refractivity contribution in [1.29, 1.82) is 0 Å². The molecule has 80 valence electrons. The van der Waals surface area contributed by atoms with Gasteiger partial charge in [0.05, 0.1) is 0 Å². The Morgan fingerprint density at radius 1 is 1.14 bits per heavy atom. The summed E-state index contributed by atoms with van der Waals surface area (Å²) in [6, 6.07) is 0. The molecule has 3 nitrogen and oxygen atoms in total. The predicted molar refractivity (Wildman–Crippen MR) is 60.4 cm³/mol. The minimum Gasteiger partial charge on any atom is -0.315 e. The summed E-state index contributed by atoms with van der Waals surface area (Å²) in [6.45, 7) is 10.6. The van der Waals surface area contributed by atoms with Crippen molar-refractivity contribution in [3.05, 3.63) is 25.3 Å². The summed E-state index contributed by atoms with van der Waals surface area (Å²) in [7, 11) is 0. The molecule has 3 heteroatoms. The Kier molecular flexibility index (Phi) is 9.48. The average Bonchev–Trinajstić information content (AvgIpc) is 2.21. The van der Waals surface area contributed by atoms with Crippen LogP contribution in [0.3, 0.4) is 0 Å². The summed E-state index contributed by atoms with van der Waals surface area (Å²) in [5, 5.41) is 6.42. The van der Waals surface area contributed by atoms with Gasteiger partial charge in [0.2, 0.25) is 0 Å². The highest BCUT2D eigenvalue weighted by Gasteiger charge is 1.94. The van der Waals surface area contributed by atoms with Crippen molar-refractivity contribution in [2.75, 3.05) is 26.2 Å². The summed E-state index contributed by atoms with van der Waals surface area (Å²) in [6.07, 6.45) is 4.69. The minimum absolute atomic E-state index is 0.122. The van der Waals surface area contributed by atoms with Crippen molar-refractivity contribution in [3.63, 3.8) is 0 Å². The molecule has 0 aliphatic carbocycles. The number of hydrogen-bond donors (Lipinski definition) is 2. The van der Waals surface area contributed by atoms with E-state index in [0.717, 1.165) is 32.6 Å². The van der Waals surface area contributed by atoms with E-state index in [4.69, 9.17) is 0 Å².